The van der Waals surface area contributed by atoms with Crippen LogP contribution < -0.4 is 5.32 Å². The van der Waals surface area contributed by atoms with Gasteiger partial charge in [0, 0.05) is 6.04 Å². The van der Waals surface area contributed by atoms with Crippen LogP contribution in [0, 0.1) is 18.6 Å². The van der Waals surface area contributed by atoms with Gasteiger partial charge in [0.2, 0.25) is 0 Å². The number of hydrogen-bond donors (Lipinski definition) is 1. The lowest BCUT2D eigenvalue weighted by Crippen LogP contribution is -2.18. The summed E-state index contributed by atoms with van der Waals surface area (Å²) in [6, 6.07) is 12.3. The summed E-state index contributed by atoms with van der Waals surface area (Å²) in [7, 11) is 1.87. The van der Waals surface area contributed by atoms with Crippen molar-refractivity contribution in [3.8, 4) is 0 Å². The second-order valence-electron chi connectivity index (χ2n) is 4.70. The lowest BCUT2D eigenvalue weighted by atomic mass is 9.98. The third-order valence-electron chi connectivity index (χ3n) is 3.25. The molecule has 0 heterocycles. The fraction of sp³-hybridized carbons (Fsp3) is 0.250. The van der Waals surface area contributed by atoms with Crippen LogP contribution in [0.3, 0.4) is 0 Å². The van der Waals surface area contributed by atoms with E-state index in [2.05, 4.69) is 17.4 Å². The van der Waals surface area contributed by atoms with E-state index in [0.717, 1.165) is 11.1 Å². The van der Waals surface area contributed by atoms with E-state index in [1.807, 2.05) is 26.1 Å². The van der Waals surface area contributed by atoms with Gasteiger partial charge in [-0.3, -0.25) is 0 Å². The molecule has 1 N–H and O–H groups in total. The Kier molecular flexibility index (Phi) is 4.27. The zero-order valence-electron chi connectivity index (χ0n) is 11.1. The number of nitrogens with one attached hydrogen (secondary N) is 1. The van der Waals surface area contributed by atoms with E-state index in [4.69, 9.17) is 0 Å². The summed E-state index contributed by atoms with van der Waals surface area (Å²) in [5.74, 6) is -1.60. The minimum Gasteiger partial charge on any atom is -0.313 e. The van der Waals surface area contributed by atoms with Crippen LogP contribution in [0.25, 0.3) is 0 Å². The average Bonchev–Trinajstić information content (AvgIpc) is 2.41. The smallest absolute Gasteiger partial charge is 0.159 e. The Morgan fingerprint density at radius 3 is 2.26 bits per heavy atom. The molecule has 1 atom stereocenters. The highest BCUT2D eigenvalue weighted by molar-refractivity contribution is 5.27. The van der Waals surface area contributed by atoms with E-state index in [0.29, 0.717) is 6.42 Å². The van der Waals surface area contributed by atoms with Crippen LogP contribution >= 0.6 is 0 Å². The van der Waals surface area contributed by atoms with E-state index >= 15 is 0 Å². The molecular formula is C16H17F2N. The van der Waals surface area contributed by atoms with E-state index < -0.39 is 11.6 Å². The average molecular weight is 261 g/mol. The second kappa shape index (κ2) is 5.93. The van der Waals surface area contributed by atoms with Crippen LogP contribution in [0.2, 0.25) is 0 Å². The predicted octanol–water partition coefficient (Wildman–Crippen LogP) is 3.78. The fourth-order valence-electron chi connectivity index (χ4n) is 2.09. The van der Waals surface area contributed by atoms with Crippen molar-refractivity contribution in [3.63, 3.8) is 0 Å². The Bertz CT molecular complexity index is 549. The maximum absolute atomic E-state index is 13.2. The van der Waals surface area contributed by atoms with Crippen molar-refractivity contribution < 1.29 is 8.78 Å². The van der Waals surface area contributed by atoms with Gasteiger partial charge >= 0.3 is 0 Å². The van der Waals surface area contributed by atoms with Crippen molar-refractivity contribution in [2.24, 2.45) is 0 Å². The zero-order chi connectivity index (χ0) is 13.8. The maximum Gasteiger partial charge on any atom is 0.159 e. The zero-order valence-corrected chi connectivity index (χ0v) is 11.1. The molecule has 1 unspecified atom stereocenters. The fourth-order valence-corrected chi connectivity index (χ4v) is 2.09. The molecular weight excluding hydrogens is 244 g/mol. The van der Waals surface area contributed by atoms with Gasteiger partial charge in [-0.25, -0.2) is 8.78 Å². The summed E-state index contributed by atoms with van der Waals surface area (Å²) in [6.07, 6.45) is 0.622. The Balaban J connectivity index is 2.18. The van der Waals surface area contributed by atoms with Crippen molar-refractivity contribution in [1.82, 2.24) is 5.32 Å². The van der Waals surface area contributed by atoms with Gasteiger partial charge in [-0.05, 0) is 43.7 Å². The monoisotopic (exact) mass is 261 g/mol. The van der Waals surface area contributed by atoms with Crippen molar-refractivity contribution >= 4 is 0 Å². The first kappa shape index (κ1) is 13.7. The highest BCUT2D eigenvalue weighted by atomic mass is 19.2. The Labute approximate surface area is 112 Å². The minimum atomic E-state index is -0.805. The van der Waals surface area contributed by atoms with Crippen molar-refractivity contribution in [2.75, 3.05) is 7.05 Å². The summed E-state index contributed by atoms with van der Waals surface area (Å²) in [5.41, 5.74) is 3.11. The molecule has 0 bridgehead atoms. The van der Waals surface area contributed by atoms with Crippen LogP contribution in [0.5, 0.6) is 0 Å². The lowest BCUT2D eigenvalue weighted by molar-refractivity contribution is 0.504. The predicted molar refractivity (Wildman–Crippen MR) is 73.0 cm³/mol. The number of hydrogen-bond acceptors (Lipinski definition) is 1. The van der Waals surface area contributed by atoms with Crippen LogP contribution in [-0.2, 0) is 6.42 Å². The molecule has 100 valence electrons. The van der Waals surface area contributed by atoms with E-state index in [1.165, 1.54) is 17.7 Å². The molecule has 0 aromatic heterocycles. The van der Waals surface area contributed by atoms with Gasteiger partial charge < -0.3 is 5.32 Å². The van der Waals surface area contributed by atoms with Crippen LogP contribution in [-0.4, -0.2) is 7.05 Å². The van der Waals surface area contributed by atoms with Crippen molar-refractivity contribution in [1.29, 1.82) is 0 Å². The van der Waals surface area contributed by atoms with Gasteiger partial charge in [-0.15, -0.1) is 0 Å². The lowest BCUT2D eigenvalue weighted by Gasteiger charge is -2.17. The molecule has 0 saturated carbocycles. The Morgan fingerprint density at radius 1 is 1.00 bits per heavy atom. The first-order chi connectivity index (χ1) is 9.10. The molecule has 0 aliphatic rings. The van der Waals surface area contributed by atoms with Gasteiger partial charge in [-0.1, -0.05) is 35.9 Å². The van der Waals surface area contributed by atoms with Crippen LogP contribution in [0.4, 0.5) is 8.78 Å². The summed E-state index contributed by atoms with van der Waals surface area (Å²) >= 11 is 0. The number of aryl methyl sites for hydroxylation is 1. The van der Waals surface area contributed by atoms with Crippen LogP contribution in [0.15, 0.2) is 42.5 Å². The number of benzene rings is 2. The van der Waals surface area contributed by atoms with Crippen molar-refractivity contribution in [3.05, 3.63) is 70.8 Å². The van der Waals surface area contributed by atoms with Crippen molar-refractivity contribution in [2.45, 2.75) is 19.4 Å². The van der Waals surface area contributed by atoms with Gasteiger partial charge in [0.05, 0.1) is 0 Å². The minimum absolute atomic E-state index is 0.0884. The van der Waals surface area contributed by atoms with E-state index in [-0.39, 0.29) is 6.04 Å². The van der Waals surface area contributed by atoms with Gasteiger partial charge in [0.15, 0.2) is 11.6 Å². The Morgan fingerprint density at radius 2 is 1.68 bits per heavy atom. The summed E-state index contributed by atoms with van der Waals surface area (Å²) < 4.78 is 26.1. The molecule has 2 rings (SSSR count). The highest BCUT2D eigenvalue weighted by Crippen LogP contribution is 2.20. The quantitative estimate of drug-likeness (QED) is 0.883. The second-order valence-corrected chi connectivity index (χ2v) is 4.70. The molecule has 2 aromatic carbocycles. The molecule has 3 heteroatoms. The summed E-state index contributed by atoms with van der Waals surface area (Å²) in [5, 5.41) is 3.20. The Hall–Kier alpha value is -1.74. The number of likely N-dealkylation sites (N-methyl/N-ethyl adjacent to an activating group) is 1. The van der Waals surface area contributed by atoms with Gasteiger partial charge in [-0.2, -0.15) is 0 Å². The molecule has 0 fully saturated rings. The molecule has 2 aromatic rings. The number of halogens is 2. The van der Waals surface area contributed by atoms with E-state index in [9.17, 15) is 8.78 Å². The summed E-state index contributed by atoms with van der Waals surface area (Å²) in [4.78, 5) is 0. The highest BCUT2D eigenvalue weighted by Gasteiger charge is 2.11. The third-order valence-corrected chi connectivity index (χ3v) is 3.25. The molecule has 0 aliphatic carbocycles. The SMILES string of the molecule is CNC(Cc1ccc(F)c(F)c1)c1ccc(C)cc1. The summed E-state index contributed by atoms with van der Waals surface area (Å²) in [6.45, 7) is 2.04. The molecule has 0 spiro atoms. The standard InChI is InChI=1S/C16H17F2N/c1-11-3-6-13(7-4-11)16(19-2)10-12-5-8-14(17)15(18)9-12/h3-9,16,19H,10H2,1-2H3. The van der Waals surface area contributed by atoms with E-state index in [1.54, 1.807) is 6.07 Å². The first-order valence-corrected chi connectivity index (χ1v) is 6.28. The number of rotatable bonds is 4. The first-order valence-electron chi connectivity index (χ1n) is 6.28. The topological polar surface area (TPSA) is 12.0 Å². The molecule has 0 aliphatic heterocycles. The van der Waals surface area contributed by atoms with Gasteiger partial charge in [0.1, 0.15) is 0 Å². The van der Waals surface area contributed by atoms with Crippen LogP contribution in [0.1, 0.15) is 22.7 Å². The maximum atomic E-state index is 13.2. The molecule has 19 heavy (non-hydrogen) atoms. The normalized spacial score (nSPS) is 12.4. The molecule has 0 amide bonds. The third kappa shape index (κ3) is 3.38. The molecule has 1 nitrogen and oxygen atoms in total. The van der Waals surface area contributed by atoms with Gasteiger partial charge in [0.25, 0.3) is 0 Å². The largest absolute Gasteiger partial charge is 0.313 e. The molecule has 0 saturated heterocycles. The molecule has 0 radical (unpaired) electrons.